The normalized spacial score (nSPS) is 15.1. The van der Waals surface area contributed by atoms with Crippen LogP contribution in [-0.2, 0) is 51.0 Å². The van der Waals surface area contributed by atoms with Gasteiger partial charge in [0.05, 0.1) is 99.8 Å². The second-order valence-electron chi connectivity index (χ2n) is 17.4. The Morgan fingerprint density at radius 3 is 2.31 bits per heavy atom. The summed E-state index contributed by atoms with van der Waals surface area (Å²) >= 11 is 0. The number of amides is 7. The number of hydrogen-bond donors (Lipinski definition) is 5. The van der Waals surface area contributed by atoms with E-state index in [-0.39, 0.29) is 79.2 Å². The minimum absolute atomic E-state index is 0.0554. The summed E-state index contributed by atoms with van der Waals surface area (Å²) in [6, 6.07) is 13.6. The number of fused-ring (bicyclic) bond motifs is 3. The van der Waals surface area contributed by atoms with E-state index in [1.807, 2.05) is 6.07 Å². The molecule has 390 valence electrons. The Kier molecular flexibility index (Phi) is 17.2. The third-order valence-corrected chi connectivity index (χ3v) is 12.6. The highest BCUT2D eigenvalue weighted by Crippen LogP contribution is 2.39. The first-order valence-corrected chi connectivity index (χ1v) is 24.2. The topological polar surface area (TPSA) is 265 Å². The zero-order valence-corrected chi connectivity index (χ0v) is 41.2. The molecule has 0 bridgehead atoms. The lowest BCUT2D eigenvalue weighted by molar-refractivity contribution is -0.136. The summed E-state index contributed by atoms with van der Waals surface area (Å²) in [6.07, 6.45) is 3.54. The van der Waals surface area contributed by atoms with E-state index < -0.39 is 41.4 Å². The summed E-state index contributed by atoms with van der Waals surface area (Å²) in [5.74, 6) is -3.07. The zero-order valence-electron chi connectivity index (χ0n) is 41.2. The molecule has 1 atom stereocenters. The number of nitrogens with zero attached hydrogens (tertiary/aromatic N) is 5. The molecule has 2 aromatic heterocycles. The fourth-order valence-electron chi connectivity index (χ4n) is 8.91. The zero-order chi connectivity index (χ0) is 52.3. The van der Waals surface area contributed by atoms with Crippen molar-refractivity contribution >= 4 is 81.2 Å². The lowest BCUT2D eigenvalue weighted by Crippen LogP contribution is -2.54. The molecule has 1 saturated heterocycles. The van der Waals surface area contributed by atoms with Crippen LogP contribution < -0.4 is 30.9 Å². The summed E-state index contributed by atoms with van der Waals surface area (Å²) in [6.45, 7) is 2.69. The van der Waals surface area contributed by atoms with E-state index in [1.165, 1.54) is 31.2 Å². The van der Waals surface area contributed by atoms with Gasteiger partial charge < -0.3 is 54.4 Å². The van der Waals surface area contributed by atoms with Crippen molar-refractivity contribution in [1.82, 2.24) is 35.4 Å². The molecule has 3 aliphatic heterocycles. The first-order chi connectivity index (χ1) is 35.9. The quantitative estimate of drug-likeness (QED) is 0.0411. The van der Waals surface area contributed by atoms with Gasteiger partial charge in [0, 0.05) is 45.6 Å². The van der Waals surface area contributed by atoms with Gasteiger partial charge in [-0.05, 0) is 73.2 Å². The smallest absolute Gasteiger partial charge is 0.262 e. The van der Waals surface area contributed by atoms with Gasteiger partial charge in [-0.3, -0.25) is 43.8 Å². The molecule has 3 aromatic carbocycles. The van der Waals surface area contributed by atoms with Crippen LogP contribution in [-0.4, -0.2) is 159 Å². The number of H-pyrrole nitrogens is 1. The average molecular weight is 1020 g/mol. The first-order valence-electron chi connectivity index (χ1n) is 24.2. The number of piperidine rings is 1. The van der Waals surface area contributed by atoms with Gasteiger partial charge in [-0.15, -0.1) is 0 Å². The Bertz CT molecular complexity index is 2950. The minimum atomic E-state index is -1.02. The largest absolute Gasteiger partial charge is 0.495 e. The summed E-state index contributed by atoms with van der Waals surface area (Å²) in [5, 5.41) is 11.5. The SMILES string of the molecule is CNC(=O)c1c(F)cccc1Nc1nc(Nc2cc3c(cc2OC)CCN3C(=O)CN(C)C(=O)CCOCCOCCOCCOCCCc2cccc3c2C(=O)N(C2CCC(=O)NC2=O)C3=O)nc2[nH]ccc12. The second kappa shape index (κ2) is 24.2. The van der Waals surface area contributed by atoms with Gasteiger partial charge in [0.2, 0.25) is 29.6 Å². The molecule has 1 unspecified atom stereocenters. The molecule has 8 rings (SSSR count). The van der Waals surface area contributed by atoms with Gasteiger partial charge in [0.15, 0.2) is 0 Å². The number of aromatic nitrogens is 3. The van der Waals surface area contributed by atoms with Gasteiger partial charge in [-0.2, -0.15) is 9.97 Å². The Balaban J connectivity index is 0.706. The maximum atomic E-state index is 14.8. The van der Waals surface area contributed by atoms with Gasteiger partial charge in [0.1, 0.15) is 29.1 Å². The first kappa shape index (κ1) is 52.5. The number of anilines is 5. The number of halogens is 1. The number of carbonyl (C=O) groups excluding carboxylic acids is 7. The number of benzene rings is 3. The standard InChI is InChI=1S/C51H57FN10O12/c1-53-48(67)44-34(52)10-5-11-35(44)55-46-33-14-17-54-45(33)58-51(59-46)56-36-28-38-31(27-39(36)70-3)15-18-61(38)42(65)29-60(2)41(64)16-20-72-22-24-74-26-25-73-23-21-71-19-6-8-30-7-4-9-32-43(30)50(69)62(49(32)68)37-12-13-40(63)57-47(37)66/h4-5,7,9-11,14,17,27-28,37H,6,8,12-13,15-16,18-26,29H2,1-3H3,(H,53,67)(H,57,63,66)(H3,54,55,56,58,59). The third kappa shape index (κ3) is 12.0. The van der Waals surface area contributed by atoms with Crippen LogP contribution in [0.25, 0.3) is 11.0 Å². The Morgan fingerprint density at radius 2 is 1.58 bits per heavy atom. The van der Waals surface area contributed by atoms with Crippen molar-refractivity contribution in [3.8, 4) is 5.75 Å². The van der Waals surface area contributed by atoms with Crippen molar-refractivity contribution in [3.05, 3.63) is 94.4 Å². The predicted molar refractivity (Wildman–Crippen MR) is 266 cm³/mol. The van der Waals surface area contributed by atoms with Gasteiger partial charge in [-0.1, -0.05) is 18.2 Å². The van der Waals surface area contributed by atoms with Crippen LogP contribution in [0.3, 0.4) is 0 Å². The molecule has 22 nitrogen and oxygen atoms in total. The lowest BCUT2D eigenvalue weighted by atomic mass is 9.99. The summed E-state index contributed by atoms with van der Waals surface area (Å²) in [5.41, 5.74) is 3.70. The third-order valence-electron chi connectivity index (χ3n) is 12.6. The number of nitrogens with one attached hydrogen (secondary N) is 5. The highest BCUT2D eigenvalue weighted by Gasteiger charge is 2.45. The van der Waals surface area contributed by atoms with Crippen LogP contribution in [0.4, 0.5) is 33.2 Å². The molecule has 3 aliphatic rings. The molecule has 74 heavy (non-hydrogen) atoms. The average Bonchev–Trinajstić information content (AvgIpc) is 4.11. The van der Waals surface area contributed by atoms with Gasteiger partial charge in [-0.25, -0.2) is 4.39 Å². The van der Waals surface area contributed by atoms with Crippen molar-refractivity contribution in [2.45, 2.75) is 44.6 Å². The Labute approximate surface area is 424 Å². The molecule has 0 spiro atoms. The van der Waals surface area contributed by atoms with Crippen molar-refractivity contribution in [2.24, 2.45) is 0 Å². The van der Waals surface area contributed by atoms with Crippen LogP contribution in [0.2, 0.25) is 0 Å². The number of hydrogen-bond acceptors (Lipinski definition) is 16. The highest BCUT2D eigenvalue weighted by molar-refractivity contribution is 6.24. The van der Waals surface area contributed by atoms with E-state index >= 15 is 0 Å². The maximum absolute atomic E-state index is 14.8. The van der Waals surface area contributed by atoms with Crippen molar-refractivity contribution in [1.29, 1.82) is 0 Å². The number of likely N-dealkylation sites (N-methyl/N-ethyl adjacent to an activating group) is 1. The van der Waals surface area contributed by atoms with E-state index in [0.717, 1.165) is 10.5 Å². The van der Waals surface area contributed by atoms with Crippen molar-refractivity contribution < 1.29 is 61.6 Å². The van der Waals surface area contributed by atoms with Gasteiger partial charge in [0.25, 0.3) is 17.7 Å². The van der Waals surface area contributed by atoms with E-state index in [4.69, 9.17) is 23.7 Å². The molecule has 5 aromatic rings. The van der Waals surface area contributed by atoms with E-state index in [2.05, 4.69) is 36.2 Å². The Morgan fingerprint density at radius 1 is 0.851 bits per heavy atom. The molecule has 23 heteroatoms. The monoisotopic (exact) mass is 1020 g/mol. The Hall–Kier alpha value is -7.86. The summed E-state index contributed by atoms with van der Waals surface area (Å²) in [7, 11) is 4.51. The fraction of sp³-hybridized carbons (Fsp3) is 0.392. The van der Waals surface area contributed by atoms with E-state index in [0.29, 0.717) is 105 Å². The van der Waals surface area contributed by atoms with Crippen LogP contribution in [0, 0.1) is 5.82 Å². The number of carbonyl (C=O) groups is 7. The summed E-state index contributed by atoms with van der Waals surface area (Å²) in [4.78, 5) is 106. The molecule has 1 fully saturated rings. The summed E-state index contributed by atoms with van der Waals surface area (Å²) < 4.78 is 42.9. The van der Waals surface area contributed by atoms with Crippen LogP contribution in [0.5, 0.6) is 5.75 Å². The molecule has 7 amide bonds. The van der Waals surface area contributed by atoms with Crippen molar-refractivity contribution in [3.63, 3.8) is 0 Å². The molecule has 0 aliphatic carbocycles. The minimum Gasteiger partial charge on any atom is -0.495 e. The number of aryl methyl sites for hydroxylation is 1. The van der Waals surface area contributed by atoms with Crippen LogP contribution in [0.15, 0.2) is 60.8 Å². The lowest BCUT2D eigenvalue weighted by Gasteiger charge is -2.27. The maximum Gasteiger partial charge on any atom is 0.262 e. The molecule has 5 N–H and O–H groups in total. The molecule has 0 saturated carbocycles. The number of aromatic amines is 1. The second-order valence-corrected chi connectivity index (χ2v) is 17.4. The van der Waals surface area contributed by atoms with Crippen LogP contribution in [0.1, 0.15) is 67.9 Å². The number of methoxy groups -OCH3 is 1. The highest BCUT2D eigenvalue weighted by atomic mass is 19.1. The van der Waals surface area contributed by atoms with E-state index in [9.17, 15) is 38.0 Å². The molecule has 0 radical (unpaired) electrons. The van der Waals surface area contributed by atoms with Crippen molar-refractivity contribution in [2.75, 3.05) is 103 Å². The van der Waals surface area contributed by atoms with E-state index in [1.54, 1.807) is 54.5 Å². The number of ether oxygens (including phenoxy) is 5. The predicted octanol–water partition coefficient (Wildman–Crippen LogP) is 3.79. The fourth-order valence-corrected chi connectivity index (χ4v) is 8.91. The van der Waals surface area contributed by atoms with Gasteiger partial charge >= 0.3 is 0 Å². The number of rotatable bonds is 25. The number of imide groups is 2. The molecular weight excluding hydrogens is 964 g/mol. The van der Waals surface area contributed by atoms with Crippen LogP contribution >= 0.6 is 0 Å². The molecule has 5 heterocycles. The molecular formula is C51H57FN10O12.